The van der Waals surface area contributed by atoms with Gasteiger partial charge in [-0.1, -0.05) is 0 Å². The van der Waals surface area contributed by atoms with Crippen molar-refractivity contribution in [1.29, 1.82) is 0 Å². The van der Waals surface area contributed by atoms with E-state index >= 15 is 0 Å². The first kappa shape index (κ1) is 9.83. The molecule has 0 spiro atoms. The average molecular weight is 206 g/mol. The van der Waals surface area contributed by atoms with Crippen LogP contribution in [0.5, 0.6) is 5.75 Å². The predicted octanol–water partition coefficient (Wildman–Crippen LogP) is 1.56. The van der Waals surface area contributed by atoms with Crippen molar-refractivity contribution >= 4 is 17.3 Å². The molecule has 2 N–H and O–H groups in total. The lowest BCUT2D eigenvalue weighted by Crippen LogP contribution is -2.45. The van der Waals surface area contributed by atoms with Crippen LogP contribution in [0.1, 0.15) is 13.8 Å². The quantitative estimate of drug-likeness (QED) is 0.685. The molecule has 0 radical (unpaired) electrons. The second-order valence-electron chi connectivity index (χ2n) is 3.65. The summed E-state index contributed by atoms with van der Waals surface area (Å²) in [6.07, 6.45) is 0. The summed E-state index contributed by atoms with van der Waals surface area (Å²) in [7, 11) is 0. The highest BCUT2D eigenvalue weighted by atomic mass is 16.3. The zero-order chi connectivity index (χ0) is 11.0. The van der Waals surface area contributed by atoms with E-state index in [1.165, 1.54) is 0 Å². The molecule has 0 fully saturated rings. The fourth-order valence-electron chi connectivity index (χ4n) is 1.84. The molecule has 0 aliphatic carbocycles. The van der Waals surface area contributed by atoms with E-state index < -0.39 is 0 Å². The highest BCUT2D eigenvalue weighted by Gasteiger charge is 2.28. The highest BCUT2D eigenvalue weighted by molar-refractivity contribution is 6.04. The number of carbonyl (C=O) groups is 1. The summed E-state index contributed by atoms with van der Waals surface area (Å²) in [6, 6.07) is 4.80. The van der Waals surface area contributed by atoms with Gasteiger partial charge in [-0.2, -0.15) is 0 Å². The topological polar surface area (TPSA) is 52.6 Å². The van der Waals surface area contributed by atoms with Crippen LogP contribution in [-0.2, 0) is 4.79 Å². The molecule has 4 nitrogen and oxygen atoms in total. The summed E-state index contributed by atoms with van der Waals surface area (Å²) < 4.78 is 0. The van der Waals surface area contributed by atoms with Crippen molar-refractivity contribution < 1.29 is 9.90 Å². The second kappa shape index (κ2) is 3.46. The monoisotopic (exact) mass is 206 g/mol. The van der Waals surface area contributed by atoms with Crippen LogP contribution in [0.25, 0.3) is 0 Å². The molecule has 1 aromatic carbocycles. The lowest BCUT2D eigenvalue weighted by atomic mass is 10.1. The Morgan fingerprint density at radius 1 is 1.53 bits per heavy atom. The zero-order valence-electron chi connectivity index (χ0n) is 8.82. The van der Waals surface area contributed by atoms with Crippen molar-refractivity contribution in [3.63, 3.8) is 0 Å². The number of aromatic hydroxyl groups is 1. The van der Waals surface area contributed by atoms with Crippen LogP contribution in [0, 0.1) is 0 Å². The molecule has 1 atom stereocenters. The molecule has 1 aliphatic rings. The summed E-state index contributed by atoms with van der Waals surface area (Å²) in [5, 5.41) is 12.5. The maximum absolute atomic E-state index is 11.8. The third kappa shape index (κ3) is 1.52. The molecule has 1 aliphatic heterocycles. The van der Waals surface area contributed by atoms with Crippen LogP contribution in [0.2, 0.25) is 0 Å². The van der Waals surface area contributed by atoms with E-state index in [0.29, 0.717) is 6.54 Å². The van der Waals surface area contributed by atoms with Crippen LogP contribution in [0.15, 0.2) is 18.2 Å². The first-order valence-electron chi connectivity index (χ1n) is 5.04. The smallest absolute Gasteiger partial charge is 0.249 e. The van der Waals surface area contributed by atoms with Gasteiger partial charge in [-0.15, -0.1) is 0 Å². The molecule has 1 amide bonds. The number of hydrogen-bond acceptors (Lipinski definition) is 3. The number of amides is 1. The molecule has 1 aromatic rings. The lowest BCUT2D eigenvalue weighted by Gasteiger charge is -2.33. The zero-order valence-corrected chi connectivity index (χ0v) is 8.82. The van der Waals surface area contributed by atoms with Gasteiger partial charge in [0, 0.05) is 12.6 Å². The number of nitrogens with one attached hydrogen (secondary N) is 1. The Morgan fingerprint density at radius 3 is 2.93 bits per heavy atom. The number of fused-ring (bicyclic) bond motifs is 1. The van der Waals surface area contributed by atoms with E-state index in [2.05, 4.69) is 5.32 Å². The Labute approximate surface area is 88.5 Å². The Bertz CT molecular complexity index is 404. The summed E-state index contributed by atoms with van der Waals surface area (Å²) in [4.78, 5) is 13.5. The van der Waals surface area contributed by atoms with Crippen molar-refractivity contribution in [2.45, 2.75) is 19.9 Å². The van der Waals surface area contributed by atoms with Crippen LogP contribution in [0.4, 0.5) is 11.4 Å². The highest BCUT2D eigenvalue weighted by Crippen LogP contribution is 2.33. The third-order valence-corrected chi connectivity index (χ3v) is 2.60. The number of phenols is 1. The number of carbonyl (C=O) groups excluding carboxylic acids is 1. The SMILES string of the molecule is CCN1C(=O)C(C)Nc2ccc(O)cc21. The summed E-state index contributed by atoms with van der Waals surface area (Å²) in [6.45, 7) is 4.37. The van der Waals surface area contributed by atoms with Crippen molar-refractivity contribution in [2.24, 2.45) is 0 Å². The number of likely N-dealkylation sites (N-methyl/N-ethyl adjacent to an activating group) is 1. The van der Waals surface area contributed by atoms with Gasteiger partial charge in [0.15, 0.2) is 0 Å². The molecule has 0 saturated carbocycles. The van der Waals surface area contributed by atoms with Gasteiger partial charge in [0.1, 0.15) is 11.8 Å². The van der Waals surface area contributed by atoms with Crippen LogP contribution in [-0.4, -0.2) is 23.6 Å². The number of nitrogens with zero attached hydrogens (tertiary/aromatic N) is 1. The molecule has 0 bridgehead atoms. The number of anilines is 2. The number of benzene rings is 1. The third-order valence-electron chi connectivity index (χ3n) is 2.60. The summed E-state index contributed by atoms with van der Waals surface area (Å²) >= 11 is 0. The van der Waals surface area contributed by atoms with Crippen molar-refractivity contribution in [3.05, 3.63) is 18.2 Å². The van der Waals surface area contributed by atoms with Gasteiger partial charge in [0.05, 0.1) is 11.4 Å². The van der Waals surface area contributed by atoms with E-state index in [1.807, 2.05) is 13.8 Å². The predicted molar refractivity (Wildman–Crippen MR) is 59.2 cm³/mol. The van der Waals surface area contributed by atoms with Gasteiger partial charge in [-0.3, -0.25) is 4.79 Å². The van der Waals surface area contributed by atoms with Crippen LogP contribution >= 0.6 is 0 Å². The first-order valence-corrected chi connectivity index (χ1v) is 5.04. The summed E-state index contributed by atoms with van der Waals surface area (Å²) in [5.74, 6) is 0.215. The minimum absolute atomic E-state index is 0.0376. The molecule has 80 valence electrons. The van der Waals surface area contributed by atoms with Gasteiger partial charge >= 0.3 is 0 Å². The van der Waals surface area contributed by atoms with Crippen molar-refractivity contribution in [1.82, 2.24) is 0 Å². The fraction of sp³-hybridized carbons (Fsp3) is 0.364. The second-order valence-corrected chi connectivity index (χ2v) is 3.65. The minimum Gasteiger partial charge on any atom is -0.508 e. The van der Waals surface area contributed by atoms with E-state index in [-0.39, 0.29) is 17.7 Å². The van der Waals surface area contributed by atoms with E-state index in [1.54, 1.807) is 23.1 Å². The number of hydrogen-bond donors (Lipinski definition) is 2. The molecule has 0 aromatic heterocycles. The lowest BCUT2D eigenvalue weighted by molar-refractivity contribution is -0.119. The molecular formula is C11H14N2O2. The van der Waals surface area contributed by atoms with E-state index in [4.69, 9.17) is 0 Å². The van der Waals surface area contributed by atoms with E-state index in [9.17, 15) is 9.90 Å². The van der Waals surface area contributed by atoms with Gasteiger partial charge in [-0.05, 0) is 26.0 Å². The molecule has 1 unspecified atom stereocenters. The summed E-state index contributed by atoms with van der Waals surface area (Å²) in [5.41, 5.74) is 1.64. The van der Waals surface area contributed by atoms with Crippen molar-refractivity contribution in [3.8, 4) is 5.75 Å². The molecule has 0 saturated heterocycles. The fourth-order valence-corrected chi connectivity index (χ4v) is 1.84. The Kier molecular flexibility index (Phi) is 2.26. The molecule has 2 rings (SSSR count). The van der Waals surface area contributed by atoms with Gasteiger partial charge < -0.3 is 15.3 Å². The normalized spacial score (nSPS) is 19.7. The van der Waals surface area contributed by atoms with Crippen LogP contribution in [0.3, 0.4) is 0 Å². The number of rotatable bonds is 1. The molecule has 15 heavy (non-hydrogen) atoms. The van der Waals surface area contributed by atoms with E-state index in [0.717, 1.165) is 11.4 Å². The largest absolute Gasteiger partial charge is 0.508 e. The van der Waals surface area contributed by atoms with Gasteiger partial charge in [0.25, 0.3) is 0 Å². The van der Waals surface area contributed by atoms with Gasteiger partial charge in [0.2, 0.25) is 5.91 Å². The van der Waals surface area contributed by atoms with Crippen LogP contribution < -0.4 is 10.2 Å². The standard InChI is InChI=1S/C11H14N2O2/c1-3-13-10-6-8(14)4-5-9(10)12-7(2)11(13)15/h4-7,12,14H,3H2,1-2H3. The van der Waals surface area contributed by atoms with Crippen molar-refractivity contribution in [2.75, 3.05) is 16.8 Å². The molecular weight excluding hydrogens is 192 g/mol. The number of phenolic OH excluding ortho intramolecular Hbond substituents is 1. The maximum atomic E-state index is 11.8. The Balaban J connectivity index is 2.51. The minimum atomic E-state index is -0.206. The molecule has 1 heterocycles. The average Bonchev–Trinajstić information content (AvgIpc) is 2.21. The Hall–Kier alpha value is -1.71. The maximum Gasteiger partial charge on any atom is 0.249 e. The Morgan fingerprint density at radius 2 is 2.27 bits per heavy atom. The molecule has 4 heteroatoms. The van der Waals surface area contributed by atoms with Gasteiger partial charge in [-0.25, -0.2) is 0 Å². The first-order chi connectivity index (χ1) is 7.13.